The predicted octanol–water partition coefficient (Wildman–Crippen LogP) is 3.25. The van der Waals surface area contributed by atoms with Crippen LogP contribution >= 0.6 is 0 Å². The van der Waals surface area contributed by atoms with E-state index >= 15 is 0 Å². The fourth-order valence-electron chi connectivity index (χ4n) is 3.61. The van der Waals surface area contributed by atoms with Crippen molar-refractivity contribution in [3.63, 3.8) is 0 Å². The Kier molecular flexibility index (Phi) is 2.44. The molecule has 2 heteroatoms. The van der Waals surface area contributed by atoms with Gasteiger partial charge in [0.15, 0.2) is 0 Å². The monoisotopic (exact) mass is 231 g/mol. The summed E-state index contributed by atoms with van der Waals surface area (Å²) in [6.45, 7) is 5.94. The first-order valence-electron chi connectivity index (χ1n) is 6.66. The van der Waals surface area contributed by atoms with Crippen LogP contribution in [0.2, 0.25) is 0 Å². The second-order valence-corrected chi connectivity index (χ2v) is 6.05. The molecule has 1 atom stereocenters. The topological polar surface area (TPSA) is 23.5 Å². The normalized spacial score (nSPS) is 27.3. The number of fused-ring (bicyclic) bond motifs is 1. The molecule has 2 nitrogen and oxygen atoms in total. The molecule has 0 aromatic heterocycles. The summed E-state index contributed by atoms with van der Waals surface area (Å²) in [6, 6.07) is 6.47. The van der Waals surface area contributed by atoms with Crippen molar-refractivity contribution >= 4 is 0 Å². The Morgan fingerprint density at radius 2 is 2.18 bits per heavy atom. The van der Waals surface area contributed by atoms with Gasteiger partial charge in [0.1, 0.15) is 5.75 Å². The molecular weight excluding hydrogens is 210 g/mol. The lowest BCUT2D eigenvalue weighted by Crippen LogP contribution is -2.40. The molecule has 0 spiro atoms. The van der Waals surface area contributed by atoms with Gasteiger partial charge in [0.25, 0.3) is 0 Å². The third-order valence-electron chi connectivity index (χ3n) is 4.51. The molecule has 1 heterocycles. The first kappa shape index (κ1) is 11.1. The molecule has 0 amide bonds. The molecule has 1 saturated heterocycles. The van der Waals surface area contributed by atoms with E-state index in [1.165, 1.54) is 36.9 Å². The van der Waals surface area contributed by atoms with E-state index in [-0.39, 0.29) is 0 Å². The smallest absolute Gasteiger partial charge is 0.115 e. The zero-order valence-electron chi connectivity index (χ0n) is 10.7. The minimum atomic E-state index is 0.337. The van der Waals surface area contributed by atoms with E-state index in [1.54, 1.807) is 0 Å². The number of likely N-dealkylation sites (tertiary alicyclic amines) is 1. The summed E-state index contributed by atoms with van der Waals surface area (Å²) in [4.78, 5) is 2.66. The molecule has 1 N–H and O–H groups in total. The highest BCUT2D eigenvalue weighted by Crippen LogP contribution is 2.43. The number of hydrogen-bond acceptors (Lipinski definition) is 2. The summed E-state index contributed by atoms with van der Waals surface area (Å²) in [5.74, 6) is 0.407. The second kappa shape index (κ2) is 3.74. The van der Waals surface area contributed by atoms with Crippen LogP contribution in [0.25, 0.3) is 0 Å². The maximum Gasteiger partial charge on any atom is 0.115 e. The number of rotatable bonds is 1. The standard InChI is InChI=1S/C15H21NO/c1-15(2)8-3-9-16(15)14-7-4-11-10-12(17)5-6-13(11)14/h5-6,10,14,17H,3-4,7-9H2,1-2H3. The fraction of sp³-hybridized carbons (Fsp3) is 0.600. The van der Waals surface area contributed by atoms with Crippen molar-refractivity contribution in [1.29, 1.82) is 0 Å². The Balaban J connectivity index is 1.93. The quantitative estimate of drug-likeness (QED) is 0.802. The molecule has 2 aliphatic rings. The first-order chi connectivity index (χ1) is 8.08. The van der Waals surface area contributed by atoms with Gasteiger partial charge >= 0.3 is 0 Å². The summed E-state index contributed by atoms with van der Waals surface area (Å²) in [5, 5.41) is 9.54. The predicted molar refractivity (Wildman–Crippen MR) is 69.2 cm³/mol. The molecule has 1 unspecified atom stereocenters. The summed E-state index contributed by atoms with van der Waals surface area (Å²) in [5.41, 5.74) is 3.12. The zero-order valence-corrected chi connectivity index (χ0v) is 10.7. The van der Waals surface area contributed by atoms with Gasteiger partial charge in [-0.1, -0.05) is 6.07 Å². The van der Waals surface area contributed by atoms with E-state index in [0.29, 0.717) is 17.3 Å². The van der Waals surface area contributed by atoms with Crippen LogP contribution in [0, 0.1) is 0 Å². The van der Waals surface area contributed by atoms with Crippen molar-refractivity contribution in [3.05, 3.63) is 29.3 Å². The van der Waals surface area contributed by atoms with Gasteiger partial charge in [-0.3, -0.25) is 4.90 Å². The fourth-order valence-corrected chi connectivity index (χ4v) is 3.61. The van der Waals surface area contributed by atoms with Gasteiger partial charge in [0.05, 0.1) is 0 Å². The van der Waals surface area contributed by atoms with Crippen LogP contribution < -0.4 is 0 Å². The molecule has 1 fully saturated rings. The molecule has 0 bridgehead atoms. The number of phenolic OH excluding ortho intramolecular Hbond substituents is 1. The van der Waals surface area contributed by atoms with Crippen molar-refractivity contribution in [2.24, 2.45) is 0 Å². The van der Waals surface area contributed by atoms with Gasteiger partial charge in [-0.2, -0.15) is 0 Å². The van der Waals surface area contributed by atoms with Crippen LogP contribution in [0.3, 0.4) is 0 Å². The molecule has 92 valence electrons. The number of phenols is 1. The highest BCUT2D eigenvalue weighted by atomic mass is 16.3. The molecule has 1 aliphatic carbocycles. The lowest BCUT2D eigenvalue weighted by atomic mass is 9.98. The number of benzene rings is 1. The van der Waals surface area contributed by atoms with Crippen LogP contribution in [0.4, 0.5) is 0 Å². The third kappa shape index (κ3) is 1.75. The Bertz CT molecular complexity index is 439. The molecule has 1 aliphatic heterocycles. The summed E-state index contributed by atoms with van der Waals surface area (Å²) >= 11 is 0. The molecule has 1 aromatic carbocycles. The van der Waals surface area contributed by atoms with E-state index in [1.807, 2.05) is 12.1 Å². The summed E-state index contributed by atoms with van der Waals surface area (Å²) in [6.07, 6.45) is 4.94. The largest absolute Gasteiger partial charge is 0.508 e. The van der Waals surface area contributed by atoms with E-state index in [0.717, 1.165) is 6.42 Å². The van der Waals surface area contributed by atoms with Crippen molar-refractivity contribution in [1.82, 2.24) is 4.90 Å². The maximum atomic E-state index is 9.54. The number of hydrogen-bond donors (Lipinski definition) is 1. The zero-order chi connectivity index (χ0) is 12.0. The van der Waals surface area contributed by atoms with Crippen molar-refractivity contribution in [3.8, 4) is 5.75 Å². The Morgan fingerprint density at radius 3 is 2.88 bits per heavy atom. The van der Waals surface area contributed by atoms with Crippen LogP contribution in [-0.2, 0) is 6.42 Å². The second-order valence-electron chi connectivity index (χ2n) is 6.05. The molecule has 3 rings (SSSR count). The maximum absolute atomic E-state index is 9.54. The van der Waals surface area contributed by atoms with Gasteiger partial charge in [-0.05, 0) is 69.3 Å². The van der Waals surface area contributed by atoms with Gasteiger partial charge in [-0.25, -0.2) is 0 Å². The molecule has 0 radical (unpaired) electrons. The van der Waals surface area contributed by atoms with Crippen LogP contribution in [0.1, 0.15) is 50.3 Å². The van der Waals surface area contributed by atoms with Gasteiger partial charge in [0, 0.05) is 11.6 Å². The van der Waals surface area contributed by atoms with Gasteiger partial charge in [0.2, 0.25) is 0 Å². The molecule has 17 heavy (non-hydrogen) atoms. The lowest BCUT2D eigenvalue weighted by Gasteiger charge is -2.37. The Morgan fingerprint density at radius 1 is 1.35 bits per heavy atom. The van der Waals surface area contributed by atoms with Crippen LogP contribution in [0.5, 0.6) is 5.75 Å². The summed E-state index contributed by atoms with van der Waals surface area (Å²) in [7, 11) is 0. The average molecular weight is 231 g/mol. The van der Waals surface area contributed by atoms with Crippen LogP contribution in [0.15, 0.2) is 18.2 Å². The first-order valence-corrected chi connectivity index (χ1v) is 6.66. The number of aryl methyl sites for hydroxylation is 1. The number of aromatic hydroxyl groups is 1. The van der Waals surface area contributed by atoms with E-state index < -0.39 is 0 Å². The molecule has 0 saturated carbocycles. The van der Waals surface area contributed by atoms with Gasteiger partial charge < -0.3 is 5.11 Å². The van der Waals surface area contributed by atoms with Crippen molar-refractivity contribution in [2.75, 3.05) is 6.54 Å². The lowest BCUT2D eigenvalue weighted by molar-refractivity contribution is 0.115. The van der Waals surface area contributed by atoms with Crippen molar-refractivity contribution < 1.29 is 5.11 Å². The van der Waals surface area contributed by atoms with E-state index in [9.17, 15) is 5.11 Å². The third-order valence-corrected chi connectivity index (χ3v) is 4.51. The Hall–Kier alpha value is -1.02. The minimum Gasteiger partial charge on any atom is -0.508 e. The Labute approximate surface area is 103 Å². The van der Waals surface area contributed by atoms with Crippen LogP contribution in [-0.4, -0.2) is 22.1 Å². The average Bonchev–Trinajstić information content (AvgIpc) is 2.80. The minimum absolute atomic E-state index is 0.337. The van der Waals surface area contributed by atoms with E-state index in [2.05, 4.69) is 24.8 Å². The molecule has 1 aromatic rings. The van der Waals surface area contributed by atoms with Crippen molar-refractivity contribution in [2.45, 2.75) is 51.1 Å². The highest BCUT2D eigenvalue weighted by molar-refractivity contribution is 5.40. The number of nitrogens with zero attached hydrogens (tertiary/aromatic N) is 1. The molecular formula is C15H21NO. The summed E-state index contributed by atoms with van der Waals surface area (Å²) < 4.78 is 0. The highest BCUT2D eigenvalue weighted by Gasteiger charge is 2.39. The van der Waals surface area contributed by atoms with E-state index in [4.69, 9.17) is 0 Å². The van der Waals surface area contributed by atoms with Gasteiger partial charge in [-0.15, -0.1) is 0 Å². The SMILES string of the molecule is CC1(C)CCCN1C1CCc2cc(O)ccc21.